The number of aromatic carboxylic acids is 1. The fraction of sp³-hybridized carbons (Fsp3) is 0.438. The number of aliphatic hydroxyl groups excluding tert-OH is 4. The number of ether oxygens (including phenoxy) is 5. The number of rotatable bonds is 6. The predicted octanol–water partition coefficient (Wildman–Crippen LogP) is 1.52. The summed E-state index contributed by atoms with van der Waals surface area (Å²) in [5.74, 6) is -1.56. The molecule has 6 rings (SSSR count). The van der Waals surface area contributed by atoms with E-state index >= 15 is 0 Å². The van der Waals surface area contributed by atoms with Crippen LogP contribution in [0.4, 0.5) is 0 Å². The largest absolute Gasteiger partial charge is 0.507 e. The molecule has 6 N–H and O–H groups in total. The highest BCUT2D eigenvalue weighted by Crippen LogP contribution is 2.42. The Hall–Kier alpha value is -3.86. The molecular weight excluding hydrogens is 608 g/mol. The van der Waals surface area contributed by atoms with Crippen molar-refractivity contribution in [3.8, 4) is 11.5 Å². The summed E-state index contributed by atoms with van der Waals surface area (Å²) in [6.07, 6.45) is -13.0. The maximum Gasteiger partial charge on any atom is 0.344 e. The van der Waals surface area contributed by atoms with Crippen molar-refractivity contribution in [3.63, 3.8) is 0 Å². The third-order valence-corrected chi connectivity index (χ3v) is 8.74. The number of hydrogen-bond acceptors (Lipinski definition) is 13. The van der Waals surface area contributed by atoms with Crippen LogP contribution in [0, 0.1) is 6.92 Å². The molecule has 10 atom stereocenters. The molecule has 2 saturated heterocycles. The highest BCUT2D eigenvalue weighted by atomic mass is 16.8. The first kappa shape index (κ1) is 32.1. The maximum atomic E-state index is 13.3. The van der Waals surface area contributed by atoms with Crippen molar-refractivity contribution in [2.45, 2.75) is 82.2 Å². The van der Waals surface area contributed by atoms with Crippen molar-refractivity contribution >= 4 is 38.5 Å². The van der Waals surface area contributed by atoms with Gasteiger partial charge in [0.1, 0.15) is 42.0 Å². The Kier molecular flexibility index (Phi) is 8.41. The van der Waals surface area contributed by atoms with Gasteiger partial charge >= 0.3 is 11.6 Å². The van der Waals surface area contributed by atoms with E-state index in [-0.39, 0.29) is 49.6 Å². The van der Waals surface area contributed by atoms with E-state index in [0.717, 1.165) is 0 Å². The number of methoxy groups -OCH3 is 1. The minimum absolute atomic E-state index is 0.0107. The first-order valence-corrected chi connectivity index (χ1v) is 14.6. The Morgan fingerprint density at radius 2 is 1.52 bits per heavy atom. The van der Waals surface area contributed by atoms with Crippen molar-refractivity contribution in [1.82, 2.24) is 0 Å². The Bertz CT molecular complexity index is 1870. The van der Waals surface area contributed by atoms with Gasteiger partial charge in [0, 0.05) is 23.3 Å². The number of aliphatic hydroxyl groups is 4. The first-order chi connectivity index (χ1) is 21.8. The van der Waals surface area contributed by atoms with E-state index in [4.69, 9.17) is 28.1 Å². The third-order valence-electron chi connectivity index (χ3n) is 8.74. The molecule has 246 valence electrons. The van der Waals surface area contributed by atoms with Gasteiger partial charge in [0.2, 0.25) is 6.29 Å². The number of fused-ring (bicyclic) bond motifs is 5. The lowest BCUT2D eigenvalue weighted by Crippen LogP contribution is -2.64. The summed E-state index contributed by atoms with van der Waals surface area (Å²) in [7, 11) is 1.30. The minimum Gasteiger partial charge on any atom is -0.507 e. The van der Waals surface area contributed by atoms with Crippen LogP contribution >= 0.6 is 0 Å². The van der Waals surface area contributed by atoms with Gasteiger partial charge in [-0.2, -0.15) is 0 Å². The van der Waals surface area contributed by atoms with Crippen LogP contribution in [0.15, 0.2) is 45.6 Å². The van der Waals surface area contributed by atoms with Gasteiger partial charge in [0.15, 0.2) is 18.0 Å². The van der Waals surface area contributed by atoms with Gasteiger partial charge in [-0.3, -0.25) is 0 Å². The van der Waals surface area contributed by atoms with Crippen LogP contribution in [-0.4, -0.2) is 105 Å². The first-order valence-electron chi connectivity index (χ1n) is 14.6. The quantitative estimate of drug-likeness (QED) is 0.130. The van der Waals surface area contributed by atoms with Gasteiger partial charge in [0.25, 0.3) is 0 Å². The zero-order chi connectivity index (χ0) is 33.2. The normalized spacial score (nSPS) is 31.8. The number of benzene rings is 3. The Morgan fingerprint density at radius 3 is 2.22 bits per heavy atom. The summed E-state index contributed by atoms with van der Waals surface area (Å²) in [6, 6.07) is 8.74. The predicted molar refractivity (Wildman–Crippen MR) is 160 cm³/mol. The highest BCUT2D eigenvalue weighted by molar-refractivity contribution is 6.21. The molecule has 3 heterocycles. The summed E-state index contributed by atoms with van der Waals surface area (Å²) in [5, 5.41) is 64.6. The van der Waals surface area contributed by atoms with Gasteiger partial charge in [-0.15, -0.1) is 0 Å². The molecule has 0 aliphatic carbocycles. The lowest BCUT2D eigenvalue weighted by atomic mass is 9.96. The molecule has 2 aliphatic heterocycles. The molecule has 0 spiro atoms. The van der Waals surface area contributed by atoms with E-state index < -0.39 is 73.0 Å². The molecule has 3 aromatic carbocycles. The molecule has 14 heteroatoms. The average Bonchev–Trinajstić information content (AvgIpc) is 3.01. The van der Waals surface area contributed by atoms with Crippen molar-refractivity contribution < 1.29 is 63.5 Å². The van der Waals surface area contributed by atoms with Gasteiger partial charge in [-0.05, 0) is 44.5 Å². The van der Waals surface area contributed by atoms with E-state index in [1.54, 1.807) is 19.9 Å². The smallest absolute Gasteiger partial charge is 0.344 e. The Balaban J connectivity index is 1.49. The van der Waals surface area contributed by atoms with Crippen LogP contribution in [0.2, 0.25) is 0 Å². The monoisotopic (exact) mass is 642 g/mol. The average molecular weight is 643 g/mol. The molecule has 0 unspecified atom stereocenters. The van der Waals surface area contributed by atoms with E-state index in [1.165, 1.54) is 44.4 Å². The lowest BCUT2D eigenvalue weighted by molar-refractivity contribution is -0.353. The minimum atomic E-state index is -1.62. The Labute approximate surface area is 260 Å². The summed E-state index contributed by atoms with van der Waals surface area (Å²) >= 11 is 0. The number of aromatic hydroxyl groups is 1. The number of carboxylic acid groups (broad SMARTS) is 1. The van der Waals surface area contributed by atoms with Crippen LogP contribution in [0.1, 0.15) is 29.8 Å². The zero-order valence-electron chi connectivity index (χ0n) is 25.2. The fourth-order valence-corrected chi connectivity index (χ4v) is 6.26. The number of phenols is 1. The number of carbonyl (C=O) groups is 1. The molecule has 0 radical (unpaired) electrons. The van der Waals surface area contributed by atoms with E-state index in [9.17, 15) is 40.2 Å². The fourth-order valence-electron chi connectivity index (χ4n) is 6.26. The van der Waals surface area contributed by atoms with Crippen molar-refractivity contribution in [3.05, 3.63) is 57.9 Å². The van der Waals surface area contributed by atoms with Gasteiger partial charge in [0.05, 0.1) is 28.5 Å². The summed E-state index contributed by atoms with van der Waals surface area (Å²) in [4.78, 5) is 25.5. The molecule has 2 aliphatic rings. The van der Waals surface area contributed by atoms with E-state index in [2.05, 4.69) is 0 Å². The number of aryl methyl sites for hydroxylation is 1. The van der Waals surface area contributed by atoms with Crippen LogP contribution < -0.4 is 10.4 Å². The number of phenolic OH excluding ortho intramolecular Hbond substituents is 1. The molecule has 14 nitrogen and oxygen atoms in total. The van der Waals surface area contributed by atoms with Crippen LogP contribution in [0.5, 0.6) is 11.5 Å². The second-order valence-corrected chi connectivity index (χ2v) is 11.6. The third kappa shape index (κ3) is 5.16. The van der Waals surface area contributed by atoms with Crippen molar-refractivity contribution in [2.75, 3.05) is 7.11 Å². The molecule has 0 amide bonds. The van der Waals surface area contributed by atoms with Crippen molar-refractivity contribution in [1.29, 1.82) is 0 Å². The van der Waals surface area contributed by atoms with E-state index in [1.807, 2.05) is 0 Å². The van der Waals surface area contributed by atoms with Crippen LogP contribution in [-0.2, 0) is 18.9 Å². The topological polar surface area (TPSA) is 215 Å². The molecule has 1 aromatic heterocycles. The van der Waals surface area contributed by atoms with Crippen LogP contribution in [0.3, 0.4) is 0 Å². The summed E-state index contributed by atoms with van der Waals surface area (Å²) in [6.45, 7) is 4.67. The Morgan fingerprint density at radius 1 is 0.826 bits per heavy atom. The number of carboxylic acids is 1. The second-order valence-electron chi connectivity index (χ2n) is 11.6. The summed E-state index contributed by atoms with van der Waals surface area (Å²) < 4.78 is 34.8. The molecule has 4 aromatic rings. The van der Waals surface area contributed by atoms with Gasteiger partial charge in [-0.25, -0.2) is 9.59 Å². The van der Waals surface area contributed by atoms with Gasteiger partial charge in [-0.1, -0.05) is 18.2 Å². The SMILES string of the molecule is CO[C@H]1[C@@H](O)[C@H](O[C@H]2[C@H](Oc3cccc4c(O)cc5c(oc(=O)c6c(C)ccc(C(=O)O)c65)c34)O[C@@H](C)[C@@H](O)[C@H]2O)O[C@@H](C)[C@H]1O. The number of hydrogen-bond donors (Lipinski definition) is 6. The summed E-state index contributed by atoms with van der Waals surface area (Å²) in [5.41, 5.74) is -0.584. The van der Waals surface area contributed by atoms with Crippen molar-refractivity contribution in [2.24, 2.45) is 0 Å². The molecule has 46 heavy (non-hydrogen) atoms. The van der Waals surface area contributed by atoms with E-state index in [0.29, 0.717) is 5.56 Å². The standard InChI is InChI=1S/C32H34O14/c1-11-8-9-15(29(38)39)20-16-10-17(33)14-6-5-7-18(21(14)26(16)45-30(40)19(11)20)44-32-28(24(36)22(34)12(2)43-32)46-31-25(37)27(41-4)23(35)13(3)42-31/h5-10,12-13,22-25,27-28,31-37H,1-4H3,(H,38,39)/t12-,13-,22+,23+,24+,25+,27+,28+,31-,32-/m0/s1. The zero-order valence-corrected chi connectivity index (χ0v) is 25.2. The molecular formula is C32H34O14. The lowest BCUT2D eigenvalue weighted by Gasteiger charge is -2.46. The van der Waals surface area contributed by atoms with Crippen LogP contribution in [0.25, 0.3) is 32.5 Å². The second kappa shape index (κ2) is 12.1. The van der Waals surface area contributed by atoms with Gasteiger partial charge < -0.3 is 58.7 Å². The highest BCUT2D eigenvalue weighted by Gasteiger charge is 2.50. The molecule has 2 fully saturated rings. The maximum absolute atomic E-state index is 13.3. The molecule has 0 bridgehead atoms. The molecule has 0 saturated carbocycles.